The van der Waals surface area contributed by atoms with Crippen molar-refractivity contribution in [2.45, 2.75) is 25.9 Å². The number of amides is 1. The fourth-order valence-corrected chi connectivity index (χ4v) is 1.46. The highest BCUT2D eigenvalue weighted by molar-refractivity contribution is 5.86. The number of phenolic OH excluding ortho intramolecular Hbond substituents is 1. The zero-order valence-electron chi connectivity index (χ0n) is 11.6. The van der Waals surface area contributed by atoms with Gasteiger partial charge in [-0.05, 0) is 23.6 Å². The molecule has 0 saturated heterocycles. The first kappa shape index (κ1) is 16.9. The fraction of sp³-hybridized carbons (Fsp3) is 0.385. The maximum Gasteiger partial charge on any atom is 0.473 e. The van der Waals surface area contributed by atoms with Crippen LogP contribution in [0.2, 0.25) is 0 Å². The van der Waals surface area contributed by atoms with Gasteiger partial charge in [-0.25, -0.2) is 9.40 Å². The molecule has 0 radical (unpaired) electrons. The molecule has 21 heavy (non-hydrogen) atoms. The number of rotatable bonds is 3. The van der Waals surface area contributed by atoms with Crippen molar-refractivity contribution in [3.8, 4) is 5.75 Å². The largest absolute Gasteiger partial charge is 0.504 e. The number of benzene rings is 1. The molecule has 0 aliphatic rings. The van der Waals surface area contributed by atoms with Crippen LogP contribution in [0, 0.1) is 5.82 Å². The third-order valence-electron chi connectivity index (χ3n) is 2.69. The lowest BCUT2D eigenvalue weighted by Gasteiger charge is -2.13. The molecule has 4 nitrogen and oxygen atoms in total. The van der Waals surface area contributed by atoms with Crippen molar-refractivity contribution in [2.75, 3.05) is 7.05 Å². The molecule has 1 aromatic carbocycles. The van der Waals surface area contributed by atoms with Crippen molar-refractivity contribution in [1.29, 1.82) is 0 Å². The number of alkyl halides is 3. The first-order valence-electron chi connectivity index (χ1n) is 5.95. The molecular formula is C13H14F4N2O2. The monoisotopic (exact) mass is 306 g/mol. The second kappa shape index (κ2) is 6.11. The summed E-state index contributed by atoms with van der Waals surface area (Å²) in [5.41, 5.74) is 0.428. The maximum atomic E-state index is 13.5. The smallest absolute Gasteiger partial charge is 0.473 e. The fourth-order valence-electron chi connectivity index (χ4n) is 1.46. The quantitative estimate of drug-likeness (QED) is 0.530. The van der Waals surface area contributed by atoms with Crippen LogP contribution in [-0.4, -0.2) is 35.5 Å². The van der Waals surface area contributed by atoms with Gasteiger partial charge >= 0.3 is 12.1 Å². The van der Waals surface area contributed by atoms with Gasteiger partial charge in [-0.3, -0.25) is 4.79 Å². The highest BCUT2D eigenvalue weighted by atomic mass is 19.4. The minimum atomic E-state index is -5.06. The Morgan fingerprint density at radius 3 is 2.43 bits per heavy atom. The van der Waals surface area contributed by atoms with E-state index in [0.29, 0.717) is 5.56 Å². The summed E-state index contributed by atoms with van der Waals surface area (Å²) < 4.78 is 50.0. The molecule has 0 spiro atoms. The Kier molecular flexibility index (Phi) is 4.93. The molecular weight excluding hydrogens is 292 g/mol. The predicted molar refractivity (Wildman–Crippen MR) is 68.6 cm³/mol. The van der Waals surface area contributed by atoms with E-state index in [1.807, 2.05) is 0 Å². The van der Waals surface area contributed by atoms with E-state index in [1.54, 1.807) is 13.8 Å². The highest BCUT2D eigenvalue weighted by Crippen LogP contribution is 2.26. The Hall–Kier alpha value is -2.12. The van der Waals surface area contributed by atoms with Crippen molar-refractivity contribution in [3.05, 3.63) is 29.1 Å². The lowest BCUT2D eigenvalue weighted by atomic mass is 10.0. The first-order chi connectivity index (χ1) is 9.54. The van der Waals surface area contributed by atoms with Crippen molar-refractivity contribution in [1.82, 2.24) is 5.01 Å². The van der Waals surface area contributed by atoms with Gasteiger partial charge in [-0.2, -0.15) is 18.3 Å². The topological polar surface area (TPSA) is 52.9 Å². The van der Waals surface area contributed by atoms with E-state index in [2.05, 4.69) is 5.10 Å². The van der Waals surface area contributed by atoms with Gasteiger partial charge in [0, 0.05) is 12.6 Å². The molecule has 116 valence electrons. The number of nitrogens with zero attached hydrogens (tertiary/aromatic N) is 2. The summed E-state index contributed by atoms with van der Waals surface area (Å²) in [6.45, 7) is 3.57. The van der Waals surface area contributed by atoms with Gasteiger partial charge in [0.05, 0.1) is 6.21 Å². The second-order valence-corrected chi connectivity index (χ2v) is 4.67. The number of carbonyl (C=O) groups is 1. The van der Waals surface area contributed by atoms with Gasteiger partial charge in [0.15, 0.2) is 11.6 Å². The number of hydrogen-bond donors (Lipinski definition) is 1. The molecule has 0 unspecified atom stereocenters. The van der Waals surface area contributed by atoms with Crippen LogP contribution < -0.4 is 0 Å². The third-order valence-corrected chi connectivity index (χ3v) is 2.69. The molecule has 8 heteroatoms. The van der Waals surface area contributed by atoms with Crippen LogP contribution in [0.25, 0.3) is 0 Å². The standard InChI is InChI=1S/C13H14F4N2O2/c1-7(2)8-4-9(11(20)10(14)5-8)6-18-19(3)12(21)13(15,16)17/h4-7,20H,1-3H3/b18-6+. The van der Waals surface area contributed by atoms with Crippen molar-refractivity contribution < 1.29 is 27.5 Å². The Morgan fingerprint density at radius 1 is 1.38 bits per heavy atom. The molecule has 0 aliphatic carbocycles. The lowest BCUT2D eigenvalue weighted by Crippen LogP contribution is -2.35. The summed E-state index contributed by atoms with van der Waals surface area (Å²) >= 11 is 0. The van der Waals surface area contributed by atoms with E-state index in [0.717, 1.165) is 19.3 Å². The normalized spacial score (nSPS) is 12.2. The molecule has 0 aromatic heterocycles. The van der Waals surface area contributed by atoms with E-state index >= 15 is 0 Å². The van der Waals surface area contributed by atoms with Crippen LogP contribution in [0.4, 0.5) is 17.6 Å². The highest BCUT2D eigenvalue weighted by Gasteiger charge is 2.41. The van der Waals surface area contributed by atoms with Crippen molar-refractivity contribution in [2.24, 2.45) is 5.10 Å². The van der Waals surface area contributed by atoms with Gasteiger partial charge in [0.1, 0.15) is 0 Å². The molecule has 1 rings (SSSR count). The average molecular weight is 306 g/mol. The minimum Gasteiger partial charge on any atom is -0.504 e. The molecule has 0 heterocycles. The van der Waals surface area contributed by atoms with Crippen LogP contribution in [0.3, 0.4) is 0 Å². The maximum absolute atomic E-state index is 13.5. The SMILES string of the molecule is CC(C)c1cc(F)c(O)c(/C=N/N(C)C(=O)C(F)(F)F)c1. The molecule has 1 aromatic rings. The van der Waals surface area contributed by atoms with Crippen molar-refractivity contribution >= 4 is 12.1 Å². The summed E-state index contributed by atoms with van der Waals surface area (Å²) in [4.78, 5) is 10.9. The number of carbonyl (C=O) groups excluding carboxylic acids is 1. The van der Waals surface area contributed by atoms with Crippen LogP contribution in [0.15, 0.2) is 17.2 Å². The Bertz CT molecular complexity index is 568. The Balaban J connectivity index is 3.07. The van der Waals surface area contributed by atoms with Crippen LogP contribution in [0.1, 0.15) is 30.9 Å². The summed E-state index contributed by atoms with van der Waals surface area (Å²) in [5.74, 6) is -3.87. The van der Waals surface area contributed by atoms with E-state index < -0.39 is 23.7 Å². The number of hydrogen-bond acceptors (Lipinski definition) is 3. The number of phenols is 1. The van der Waals surface area contributed by atoms with Gasteiger partial charge in [0.2, 0.25) is 0 Å². The second-order valence-electron chi connectivity index (χ2n) is 4.67. The Morgan fingerprint density at radius 2 is 1.95 bits per heavy atom. The van der Waals surface area contributed by atoms with Crippen LogP contribution in [0.5, 0.6) is 5.75 Å². The zero-order valence-corrected chi connectivity index (χ0v) is 11.6. The van der Waals surface area contributed by atoms with Gasteiger partial charge < -0.3 is 5.11 Å². The molecule has 0 fully saturated rings. The summed E-state index contributed by atoms with van der Waals surface area (Å²) in [6.07, 6.45) is -4.26. The van der Waals surface area contributed by atoms with Crippen LogP contribution >= 0.6 is 0 Å². The van der Waals surface area contributed by atoms with Crippen LogP contribution in [-0.2, 0) is 4.79 Å². The first-order valence-corrected chi connectivity index (χ1v) is 5.95. The van der Waals surface area contributed by atoms with E-state index in [9.17, 15) is 27.5 Å². The molecule has 0 aliphatic heterocycles. The molecule has 0 bridgehead atoms. The number of aromatic hydroxyl groups is 1. The van der Waals surface area contributed by atoms with E-state index in [1.165, 1.54) is 6.07 Å². The van der Waals surface area contributed by atoms with E-state index in [-0.39, 0.29) is 16.5 Å². The molecule has 1 amide bonds. The molecule has 0 atom stereocenters. The average Bonchev–Trinajstić information content (AvgIpc) is 2.37. The molecule has 0 saturated carbocycles. The lowest BCUT2D eigenvalue weighted by molar-refractivity contribution is -0.184. The summed E-state index contributed by atoms with van der Waals surface area (Å²) in [5, 5.41) is 12.9. The van der Waals surface area contributed by atoms with Gasteiger partial charge in [-0.15, -0.1) is 0 Å². The zero-order chi connectivity index (χ0) is 16.4. The summed E-state index contributed by atoms with van der Waals surface area (Å²) in [7, 11) is 0.812. The number of hydrazone groups is 1. The van der Waals surface area contributed by atoms with Gasteiger partial charge in [-0.1, -0.05) is 13.8 Å². The third kappa shape index (κ3) is 4.17. The Labute approximate surface area is 118 Å². The summed E-state index contributed by atoms with van der Waals surface area (Å²) in [6, 6.07) is 2.51. The number of halogens is 4. The predicted octanol–water partition coefficient (Wildman–Crippen LogP) is 3.01. The molecule has 1 N–H and O–H groups in total. The van der Waals surface area contributed by atoms with E-state index in [4.69, 9.17) is 0 Å². The van der Waals surface area contributed by atoms with Crippen molar-refractivity contribution in [3.63, 3.8) is 0 Å². The van der Waals surface area contributed by atoms with Gasteiger partial charge in [0.25, 0.3) is 0 Å². The minimum absolute atomic E-state index is 0.0539.